The molecule has 2 aromatic carbocycles. The van der Waals surface area contributed by atoms with Crippen LogP contribution in [0.15, 0.2) is 54.6 Å². The minimum absolute atomic E-state index is 0.0376. The summed E-state index contributed by atoms with van der Waals surface area (Å²) < 4.78 is 19.1. The number of piperidine rings is 1. The number of likely N-dealkylation sites (tertiary alicyclic amines) is 1. The molecule has 0 unspecified atom stereocenters. The monoisotopic (exact) mass is 411 g/mol. The fourth-order valence-electron chi connectivity index (χ4n) is 4.28. The van der Waals surface area contributed by atoms with Crippen LogP contribution in [0.25, 0.3) is 0 Å². The van der Waals surface area contributed by atoms with Gasteiger partial charge in [-0.05, 0) is 42.8 Å². The molecule has 160 valence electrons. The number of ketones is 1. The van der Waals surface area contributed by atoms with Crippen LogP contribution >= 0.6 is 0 Å². The highest BCUT2D eigenvalue weighted by Gasteiger charge is 2.45. The second kappa shape index (κ2) is 9.98. The van der Waals surface area contributed by atoms with Gasteiger partial charge < -0.3 is 9.64 Å². The van der Waals surface area contributed by atoms with E-state index in [4.69, 9.17) is 4.74 Å². The maximum absolute atomic E-state index is 13.0. The van der Waals surface area contributed by atoms with Gasteiger partial charge >= 0.3 is 5.97 Å². The predicted octanol–water partition coefficient (Wildman–Crippen LogP) is 4.98. The molecule has 4 nitrogen and oxygen atoms in total. The first kappa shape index (κ1) is 22.2. The highest BCUT2D eigenvalue weighted by Crippen LogP contribution is 2.41. The number of Topliss-reactive ketones (excluding diaryl/α,β-unsaturated/α-hetero) is 1. The summed E-state index contributed by atoms with van der Waals surface area (Å²) in [4.78, 5) is 26.8. The summed E-state index contributed by atoms with van der Waals surface area (Å²) in [5.74, 6) is -0.337. The molecule has 0 radical (unpaired) electrons. The number of carbonyl (C=O) groups is 2. The molecule has 1 aliphatic rings. The van der Waals surface area contributed by atoms with Crippen molar-refractivity contribution in [2.24, 2.45) is 5.92 Å². The van der Waals surface area contributed by atoms with Gasteiger partial charge in [-0.25, -0.2) is 4.39 Å². The Morgan fingerprint density at radius 3 is 2.47 bits per heavy atom. The zero-order valence-electron chi connectivity index (χ0n) is 17.8. The molecule has 0 aromatic heterocycles. The van der Waals surface area contributed by atoms with Crippen molar-refractivity contribution < 1.29 is 18.7 Å². The lowest BCUT2D eigenvalue weighted by Gasteiger charge is -2.46. The lowest BCUT2D eigenvalue weighted by atomic mass is 9.76. The van der Waals surface area contributed by atoms with Crippen molar-refractivity contribution in [2.45, 2.75) is 45.1 Å². The van der Waals surface area contributed by atoms with Crippen molar-refractivity contribution in [1.29, 1.82) is 0 Å². The molecule has 1 heterocycles. The van der Waals surface area contributed by atoms with E-state index in [1.165, 1.54) is 24.3 Å². The molecule has 2 aromatic rings. The van der Waals surface area contributed by atoms with Crippen LogP contribution in [0, 0.1) is 11.7 Å². The van der Waals surface area contributed by atoms with E-state index < -0.39 is 5.60 Å². The van der Waals surface area contributed by atoms with E-state index in [-0.39, 0.29) is 23.5 Å². The number of rotatable bonds is 8. The summed E-state index contributed by atoms with van der Waals surface area (Å²) in [5, 5.41) is 0. The van der Waals surface area contributed by atoms with E-state index >= 15 is 0 Å². The van der Waals surface area contributed by atoms with Gasteiger partial charge in [0.15, 0.2) is 5.78 Å². The van der Waals surface area contributed by atoms with Crippen LogP contribution in [0.1, 0.15) is 55.5 Å². The first-order valence-corrected chi connectivity index (χ1v) is 10.7. The Morgan fingerprint density at radius 2 is 1.83 bits per heavy atom. The number of hydrogen-bond acceptors (Lipinski definition) is 4. The second-order valence-electron chi connectivity index (χ2n) is 8.07. The molecule has 0 bridgehead atoms. The Kier molecular flexibility index (Phi) is 7.38. The molecule has 0 aliphatic carbocycles. The normalized spacial score (nSPS) is 21.9. The topological polar surface area (TPSA) is 46.6 Å². The van der Waals surface area contributed by atoms with Gasteiger partial charge in [-0.1, -0.05) is 44.2 Å². The first-order chi connectivity index (χ1) is 14.4. The molecule has 0 N–H and O–H groups in total. The Balaban J connectivity index is 1.59. The SMILES string of the molecule is CCC(=O)O[C@]1(c2ccccc2)CCN(CCCC(=O)c2ccc(F)cc2)C[C@@H]1C. The Hall–Kier alpha value is -2.53. The van der Waals surface area contributed by atoms with E-state index in [0.717, 1.165) is 38.0 Å². The molecule has 5 heteroatoms. The summed E-state index contributed by atoms with van der Waals surface area (Å²) in [6.45, 7) is 6.37. The third kappa shape index (κ3) is 5.14. The fourth-order valence-corrected chi connectivity index (χ4v) is 4.28. The van der Waals surface area contributed by atoms with Crippen LogP contribution in [0.5, 0.6) is 0 Å². The highest BCUT2D eigenvalue weighted by atomic mass is 19.1. The number of hydrogen-bond donors (Lipinski definition) is 0. The second-order valence-corrected chi connectivity index (χ2v) is 8.07. The molecule has 0 saturated carbocycles. The van der Waals surface area contributed by atoms with Crippen LogP contribution in [-0.2, 0) is 15.1 Å². The molecule has 0 spiro atoms. The van der Waals surface area contributed by atoms with Crippen LogP contribution < -0.4 is 0 Å². The highest BCUT2D eigenvalue weighted by molar-refractivity contribution is 5.95. The first-order valence-electron chi connectivity index (χ1n) is 10.7. The number of ether oxygens (including phenoxy) is 1. The zero-order valence-corrected chi connectivity index (χ0v) is 17.8. The summed E-state index contributed by atoms with van der Waals surface area (Å²) in [6, 6.07) is 15.7. The number of esters is 1. The van der Waals surface area contributed by atoms with Crippen molar-refractivity contribution in [3.05, 3.63) is 71.5 Å². The van der Waals surface area contributed by atoms with Crippen molar-refractivity contribution in [3.8, 4) is 0 Å². The Labute approximate surface area is 178 Å². The number of benzene rings is 2. The molecule has 1 saturated heterocycles. The number of nitrogens with zero attached hydrogens (tertiary/aromatic N) is 1. The van der Waals surface area contributed by atoms with Crippen molar-refractivity contribution >= 4 is 11.8 Å². The van der Waals surface area contributed by atoms with Crippen molar-refractivity contribution in [2.75, 3.05) is 19.6 Å². The van der Waals surface area contributed by atoms with Gasteiger partial charge in [0.2, 0.25) is 0 Å². The number of halogens is 1. The predicted molar refractivity (Wildman–Crippen MR) is 115 cm³/mol. The average molecular weight is 412 g/mol. The molecular formula is C25H30FNO3. The van der Waals surface area contributed by atoms with Gasteiger partial charge in [0.1, 0.15) is 11.4 Å². The lowest BCUT2D eigenvalue weighted by molar-refractivity contribution is -0.175. The van der Waals surface area contributed by atoms with E-state index in [2.05, 4.69) is 11.8 Å². The van der Waals surface area contributed by atoms with E-state index in [9.17, 15) is 14.0 Å². The molecule has 2 atom stereocenters. The van der Waals surface area contributed by atoms with Crippen LogP contribution in [-0.4, -0.2) is 36.3 Å². The van der Waals surface area contributed by atoms with Gasteiger partial charge in [0.05, 0.1) is 0 Å². The minimum atomic E-state index is -0.602. The van der Waals surface area contributed by atoms with Crippen LogP contribution in [0.4, 0.5) is 4.39 Å². The van der Waals surface area contributed by atoms with E-state index in [1.54, 1.807) is 0 Å². The Morgan fingerprint density at radius 1 is 1.13 bits per heavy atom. The van der Waals surface area contributed by atoms with Crippen molar-refractivity contribution in [3.63, 3.8) is 0 Å². The third-order valence-corrected chi connectivity index (χ3v) is 6.02. The zero-order chi connectivity index (χ0) is 21.6. The summed E-state index contributed by atoms with van der Waals surface area (Å²) in [6.07, 6.45) is 2.27. The molecule has 1 aliphatic heterocycles. The molecule has 3 rings (SSSR count). The fraction of sp³-hybridized carbons (Fsp3) is 0.440. The smallest absolute Gasteiger partial charge is 0.306 e. The Bertz CT molecular complexity index is 852. The molecule has 1 fully saturated rings. The lowest BCUT2D eigenvalue weighted by Crippen LogP contribution is -2.51. The summed E-state index contributed by atoms with van der Waals surface area (Å²) in [7, 11) is 0. The number of carbonyl (C=O) groups excluding carboxylic acids is 2. The van der Waals surface area contributed by atoms with E-state index in [1.807, 2.05) is 37.3 Å². The average Bonchev–Trinajstić information content (AvgIpc) is 2.76. The van der Waals surface area contributed by atoms with Crippen LogP contribution in [0.3, 0.4) is 0 Å². The molecule has 0 amide bonds. The molecular weight excluding hydrogens is 381 g/mol. The van der Waals surface area contributed by atoms with Gasteiger partial charge in [0, 0.05) is 43.8 Å². The maximum Gasteiger partial charge on any atom is 0.306 e. The van der Waals surface area contributed by atoms with Gasteiger partial charge in [-0.15, -0.1) is 0 Å². The van der Waals surface area contributed by atoms with Gasteiger partial charge in [0.25, 0.3) is 0 Å². The quantitative estimate of drug-likeness (QED) is 0.454. The third-order valence-electron chi connectivity index (χ3n) is 6.02. The van der Waals surface area contributed by atoms with Crippen LogP contribution in [0.2, 0.25) is 0 Å². The van der Waals surface area contributed by atoms with Gasteiger partial charge in [-0.2, -0.15) is 0 Å². The largest absolute Gasteiger partial charge is 0.454 e. The summed E-state index contributed by atoms with van der Waals surface area (Å²) >= 11 is 0. The summed E-state index contributed by atoms with van der Waals surface area (Å²) in [5.41, 5.74) is 0.998. The van der Waals surface area contributed by atoms with Gasteiger partial charge in [-0.3, -0.25) is 9.59 Å². The van der Waals surface area contributed by atoms with Crippen molar-refractivity contribution in [1.82, 2.24) is 4.90 Å². The molecule has 30 heavy (non-hydrogen) atoms. The minimum Gasteiger partial charge on any atom is -0.454 e. The van der Waals surface area contributed by atoms with E-state index in [0.29, 0.717) is 18.4 Å². The standard InChI is InChI=1S/C25H30FNO3/c1-3-24(29)30-25(21-8-5-4-6-9-21)15-17-27(18-19(25)2)16-7-10-23(28)20-11-13-22(26)14-12-20/h4-6,8-9,11-14,19H,3,7,10,15-18H2,1-2H3/t19-,25+/m0/s1. The maximum atomic E-state index is 13.0.